The van der Waals surface area contributed by atoms with E-state index in [9.17, 15) is 9.30 Å². The lowest BCUT2D eigenvalue weighted by Gasteiger charge is -2.09. The molecule has 0 fully saturated rings. The van der Waals surface area contributed by atoms with Crippen molar-refractivity contribution in [1.29, 1.82) is 0 Å². The van der Waals surface area contributed by atoms with Gasteiger partial charge >= 0.3 is 0 Å². The summed E-state index contributed by atoms with van der Waals surface area (Å²) in [5.41, 5.74) is 0.0156. The van der Waals surface area contributed by atoms with E-state index in [4.69, 9.17) is 9.84 Å². The molecule has 0 aliphatic heterocycles. The number of aryl methyl sites for hydroxylation is 1. The minimum atomic E-state index is -0.929. The third kappa shape index (κ3) is 12.0. The van der Waals surface area contributed by atoms with E-state index in [0.717, 1.165) is 24.2 Å². The van der Waals surface area contributed by atoms with Crippen LogP contribution in [0.15, 0.2) is 23.4 Å². The molecule has 5 heteroatoms. The predicted octanol–water partition coefficient (Wildman–Crippen LogP) is 4.34. The standard InChI is InChI=1S/C10H13FO.C4H9NO2.C2H6/c1-3-4-8-7-9(11)5-6-10(8)12-2;1-4(2,6)3-5-7;1-2/h5-7H,3-4H2,1-2H3;6H,3H2,1-2H3;1-2H3. The molecule has 0 unspecified atom stereocenters. The maximum atomic E-state index is 12.8. The average molecular weight is 301 g/mol. The van der Waals surface area contributed by atoms with Gasteiger partial charge in [0.25, 0.3) is 0 Å². The largest absolute Gasteiger partial charge is 0.496 e. The van der Waals surface area contributed by atoms with Gasteiger partial charge in [0, 0.05) is 0 Å². The second kappa shape index (κ2) is 12.3. The lowest BCUT2D eigenvalue weighted by atomic mass is 10.1. The number of nitrogens with zero attached hydrogens (tertiary/aromatic N) is 1. The van der Waals surface area contributed by atoms with Crippen LogP contribution in [0.4, 0.5) is 4.39 Å². The average Bonchev–Trinajstić information content (AvgIpc) is 2.41. The lowest BCUT2D eigenvalue weighted by Crippen LogP contribution is -2.21. The molecule has 0 heterocycles. The molecule has 0 saturated heterocycles. The van der Waals surface area contributed by atoms with Crippen LogP contribution in [0, 0.1) is 10.7 Å². The van der Waals surface area contributed by atoms with Gasteiger partial charge in [-0.15, -0.1) is 0 Å². The first-order valence-electron chi connectivity index (χ1n) is 7.18. The summed E-state index contributed by atoms with van der Waals surface area (Å²) in [5.74, 6) is 0.581. The van der Waals surface area contributed by atoms with Crippen molar-refractivity contribution in [3.63, 3.8) is 0 Å². The molecule has 1 aromatic rings. The minimum Gasteiger partial charge on any atom is -0.496 e. The molecule has 0 aliphatic carbocycles. The van der Waals surface area contributed by atoms with Crippen LogP contribution in [0.1, 0.15) is 46.6 Å². The molecule has 0 spiro atoms. The molecular formula is C16H28FNO3. The van der Waals surface area contributed by atoms with Crippen LogP contribution in [-0.4, -0.2) is 24.4 Å². The van der Waals surface area contributed by atoms with E-state index in [2.05, 4.69) is 12.1 Å². The van der Waals surface area contributed by atoms with Crippen LogP contribution in [0.2, 0.25) is 0 Å². The molecule has 0 saturated carbocycles. The second-order valence-electron chi connectivity index (χ2n) is 4.81. The van der Waals surface area contributed by atoms with E-state index in [1.807, 2.05) is 13.8 Å². The van der Waals surface area contributed by atoms with Crippen molar-refractivity contribution >= 4 is 0 Å². The van der Waals surface area contributed by atoms with E-state index in [1.54, 1.807) is 13.2 Å². The number of aliphatic hydroxyl groups is 1. The summed E-state index contributed by atoms with van der Waals surface area (Å²) in [4.78, 5) is 9.41. The maximum absolute atomic E-state index is 12.8. The fourth-order valence-electron chi connectivity index (χ4n) is 1.37. The van der Waals surface area contributed by atoms with E-state index >= 15 is 0 Å². The molecule has 1 N–H and O–H groups in total. The minimum absolute atomic E-state index is 0.0347. The highest BCUT2D eigenvalue weighted by Crippen LogP contribution is 2.20. The summed E-state index contributed by atoms with van der Waals surface area (Å²) in [6.45, 7) is 9.10. The molecule has 122 valence electrons. The molecule has 0 radical (unpaired) electrons. The molecule has 1 rings (SSSR count). The lowest BCUT2D eigenvalue weighted by molar-refractivity contribution is 0.0901. The molecule has 0 aromatic heterocycles. The number of hydrogen-bond donors (Lipinski definition) is 1. The van der Waals surface area contributed by atoms with Crippen molar-refractivity contribution in [2.24, 2.45) is 5.18 Å². The van der Waals surface area contributed by atoms with Gasteiger partial charge in [-0.3, -0.25) is 0 Å². The van der Waals surface area contributed by atoms with Crippen LogP contribution < -0.4 is 4.74 Å². The van der Waals surface area contributed by atoms with Gasteiger partial charge in [0.2, 0.25) is 0 Å². The number of benzene rings is 1. The molecular weight excluding hydrogens is 273 g/mol. The van der Waals surface area contributed by atoms with Crippen molar-refractivity contribution in [2.45, 2.75) is 53.1 Å². The van der Waals surface area contributed by atoms with Gasteiger partial charge in [0.15, 0.2) is 0 Å². The first-order chi connectivity index (χ1) is 9.84. The van der Waals surface area contributed by atoms with Crippen LogP contribution in [0.5, 0.6) is 5.75 Å². The fraction of sp³-hybridized carbons (Fsp3) is 0.625. The summed E-state index contributed by atoms with van der Waals surface area (Å²) in [6.07, 6.45) is 1.86. The van der Waals surface area contributed by atoms with Gasteiger partial charge < -0.3 is 9.84 Å². The second-order valence-corrected chi connectivity index (χ2v) is 4.81. The quantitative estimate of drug-likeness (QED) is 0.823. The van der Waals surface area contributed by atoms with Crippen LogP contribution in [-0.2, 0) is 6.42 Å². The summed E-state index contributed by atoms with van der Waals surface area (Å²) in [5, 5.41) is 11.2. The number of halogens is 1. The van der Waals surface area contributed by atoms with Gasteiger partial charge in [0.1, 0.15) is 18.1 Å². The smallest absolute Gasteiger partial charge is 0.123 e. The molecule has 0 atom stereocenters. The highest BCUT2D eigenvalue weighted by molar-refractivity contribution is 5.33. The summed E-state index contributed by atoms with van der Waals surface area (Å²) >= 11 is 0. The molecule has 0 bridgehead atoms. The van der Waals surface area contributed by atoms with Crippen molar-refractivity contribution in [2.75, 3.05) is 13.7 Å². The Morgan fingerprint density at radius 1 is 1.33 bits per heavy atom. The number of nitroso groups, excluding NO2 is 1. The van der Waals surface area contributed by atoms with E-state index < -0.39 is 5.60 Å². The summed E-state index contributed by atoms with van der Waals surface area (Å²) in [6, 6.07) is 4.61. The van der Waals surface area contributed by atoms with Crippen molar-refractivity contribution in [3.8, 4) is 5.75 Å². The van der Waals surface area contributed by atoms with Gasteiger partial charge in [-0.25, -0.2) is 4.39 Å². The Balaban J connectivity index is 0. The molecule has 4 nitrogen and oxygen atoms in total. The van der Waals surface area contributed by atoms with Crippen LogP contribution in [0.25, 0.3) is 0 Å². The fourth-order valence-corrected chi connectivity index (χ4v) is 1.37. The van der Waals surface area contributed by atoms with Gasteiger partial charge in [0.05, 0.1) is 12.7 Å². The molecule has 21 heavy (non-hydrogen) atoms. The topological polar surface area (TPSA) is 58.9 Å². The van der Waals surface area contributed by atoms with Crippen molar-refractivity contribution < 1.29 is 14.2 Å². The van der Waals surface area contributed by atoms with Crippen molar-refractivity contribution in [1.82, 2.24) is 0 Å². The van der Waals surface area contributed by atoms with Crippen LogP contribution in [0.3, 0.4) is 0 Å². The zero-order valence-electron chi connectivity index (χ0n) is 13.9. The highest BCUT2D eigenvalue weighted by atomic mass is 19.1. The molecule has 0 amide bonds. The Labute approximate surface area is 127 Å². The third-order valence-corrected chi connectivity index (χ3v) is 2.21. The first kappa shape index (κ1) is 21.8. The SMILES string of the molecule is CC.CC(C)(O)CN=O.CCCc1cc(F)ccc1OC. The van der Waals surface area contributed by atoms with E-state index in [1.165, 1.54) is 26.0 Å². The highest BCUT2D eigenvalue weighted by Gasteiger charge is 2.10. The number of ether oxygens (including phenoxy) is 1. The Bertz CT molecular complexity index is 390. The van der Waals surface area contributed by atoms with Gasteiger partial charge in [-0.1, -0.05) is 32.4 Å². The zero-order valence-corrected chi connectivity index (χ0v) is 13.9. The Morgan fingerprint density at radius 3 is 2.24 bits per heavy atom. The van der Waals surface area contributed by atoms with E-state index in [-0.39, 0.29) is 12.4 Å². The zero-order chi connectivity index (χ0) is 16.9. The first-order valence-corrected chi connectivity index (χ1v) is 7.18. The van der Waals surface area contributed by atoms with Crippen LogP contribution >= 0.6 is 0 Å². The molecule has 1 aromatic carbocycles. The Morgan fingerprint density at radius 2 is 1.90 bits per heavy atom. The van der Waals surface area contributed by atoms with Gasteiger partial charge in [-0.2, -0.15) is 4.91 Å². The normalized spacial score (nSPS) is 9.71. The predicted molar refractivity (Wildman–Crippen MR) is 85.3 cm³/mol. The number of methoxy groups -OCH3 is 1. The summed E-state index contributed by atoms with van der Waals surface area (Å²) in [7, 11) is 1.60. The molecule has 0 aliphatic rings. The summed E-state index contributed by atoms with van der Waals surface area (Å²) < 4.78 is 17.8. The van der Waals surface area contributed by atoms with Crippen molar-refractivity contribution in [3.05, 3.63) is 34.5 Å². The van der Waals surface area contributed by atoms with E-state index in [0.29, 0.717) is 0 Å². The Hall–Kier alpha value is -1.49. The number of hydrogen-bond acceptors (Lipinski definition) is 4. The Kier molecular flexibility index (Phi) is 12.7. The third-order valence-electron chi connectivity index (χ3n) is 2.21. The monoisotopic (exact) mass is 301 g/mol. The number of rotatable bonds is 5. The van der Waals surface area contributed by atoms with Gasteiger partial charge in [-0.05, 0) is 44.0 Å². The maximum Gasteiger partial charge on any atom is 0.123 e.